The number of aliphatic hydroxyl groups excluding tert-OH is 1. The second kappa shape index (κ2) is 8.99. The van der Waals surface area contributed by atoms with Gasteiger partial charge in [-0.1, -0.05) is 23.7 Å². The van der Waals surface area contributed by atoms with Crippen LogP contribution in [0, 0.1) is 20.8 Å². The Morgan fingerprint density at radius 3 is 2.68 bits per heavy atom. The molecule has 0 amide bonds. The minimum Gasteiger partial charge on any atom is -0.396 e. The second-order valence-corrected chi connectivity index (χ2v) is 8.74. The minimum atomic E-state index is -0.0678. The van der Waals surface area contributed by atoms with Gasteiger partial charge in [-0.2, -0.15) is 0 Å². The Hall–Kier alpha value is -2.41. The van der Waals surface area contributed by atoms with Crippen LogP contribution >= 0.6 is 23.8 Å². The first-order valence-corrected chi connectivity index (χ1v) is 11.3. The quantitative estimate of drug-likeness (QED) is 0.523. The van der Waals surface area contributed by atoms with Crippen molar-refractivity contribution in [1.29, 1.82) is 0 Å². The summed E-state index contributed by atoms with van der Waals surface area (Å²) in [4.78, 5) is 6.79. The van der Waals surface area contributed by atoms with Gasteiger partial charge in [0.15, 0.2) is 5.11 Å². The summed E-state index contributed by atoms with van der Waals surface area (Å²) in [5, 5.41) is 14.4. The van der Waals surface area contributed by atoms with Crippen molar-refractivity contribution < 1.29 is 5.11 Å². The lowest BCUT2D eigenvalue weighted by Crippen LogP contribution is -2.31. The number of halogens is 1. The number of hydrogen-bond acceptors (Lipinski definition) is 3. The number of pyridine rings is 1. The number of hydrogen-bond donors (Lipinski definition) is 2. The monoisotopic (exact) mass is 454 g/mol. The first-order valence-electron chi connectivity index (χ1n) is 10.5. The van der Waals surface area contributed by atoms with Crippen molar-refractivity contribution >= 4 is 28.9 Å². The van der Waals surface area contributed by atoms with Gasteiger partial charge in [-0.05, 0) is 80.9 Å². The fourth-order valence-corrected chi connectivity index (χ4v) is 5.02. The molecule has 3 heterocycles. The van der Waals surface area contributed by atoms with Gasteiger partial charge in [-0.15, -0.1) is 0 Å². The molecule has 0 saturated carbocycles. The molecule has 7 heteroatoms. The highest BCUT2D eigenvalue weighted by Gasteiger charge is 2.41. The van der Waals surface area contributed by atoms with Crippen molar-refractivity contribution in [3.8, 4) is 5.69 Å². The number of aromatic nitrogens is 2. The van der Waals surface area contributed by atoms with Crippen molar-refractivity contribution in [2.75, 3.05) is 13.2 Å². The fourth-order valence-electron chi connectivity index (χ4n) is 4.52. The highest BCUT2D eigenvalue weighted by molar-refractivity contribution is 7.80. The molecule has 1 aliphatic rings. The SMILES string of the molecule is Cc1c(Cl)cccc1-n1c(C)cc([C@@H]2[C@H](c3ccccn3)NC(=S)N2CCCO)c1C. The molecule has 0 bridgehead atoms. The molecule has 3 aromatic rings. The van der Waals surface area contributed by atoms with E-state index in [1.165, 1.54) is 5.56 Å². The summed E-state index contributed by atoms with van der Waals surface area (Å²) >= 11 is 12.1. The number of nitrogens with zero attached hydrogens (tertiary/aromatic N) is 3. The van der Waals surface area contributed by atoms with Crippen LogP contribution < -0.4 is 5.32 Å². The summed E-state index contributed by atoms with van der Waals surface area (Å²) in [6.07, 6.45) is 2.46. The summed E-state index contributed by atoms with van der Waals surface area (Å²) in [5.41, 5.74) is 6.56. The minimum absolute atomic E-state index is 0.0200. The van der Waals surface area contributed by atoms with E-state index in [0.717, 1.165) is 33.4 Å². The van der Waals surface area contributed by atoms with Crippen LogP contribution in [0.3, 0.4) is 0 Å². The third kappa shape index (κ3) is 3.95. The smallest absolute Gasteiger partial charge is 0.170 e. The zero-order chi connectivity index (χ0) is 22.1. The van der Waals surface area contributed by atoms with Gasteiger partial charge in [-0.3, -0.25) is 4.98 Å². The summed E-state index contributed by atoms with van der Waals surface area (Å²) in [5.74, 6) is 0. The van der Waals surface area contributed by atoms with E-state index in [2.05, 4.69) is 45.7 Å². The number of benzene rings is 1. The maximum Gasteiger partial charge on any atom is 0.170 e. The van der Waals surface area contributed by atoms with E-state index in [-0.39, 0.29) is 18.7 Å². The van der Waals surface area contributed by atoms with Gasteiger partial charge in [0.25, 0.3) is 0 Å². The van der Waals surface area contributed by atoms with Crippen LogP contribution in [0.15, 0.2) is 48.7 Å². The number of aryl methyl sites for hydroxylation is 1. The van der Waals surface area contributed by atoms with E-state index in [1.54, 1.807) is 0 Å². The standard InChI is InChI=1S/C24H27ClN4OS/c1-15-14-18(17(3)29(15)21-10-6-8-19(25)16(21)2)23-22(20-9-4-5-11-26-20)27-24(31)28(23)12-7-13-30/h4-6,8-11,14,22-23,30H,7,12-13H2,1-3H3,(H,27,31)/t22-,23+/m0/s1. The normalized spacial score (nSPS) is 18.5. The molecule has 2 atom stereocenters. The summed E-state index contributed by atoms with van der Waals surface area (Å²) in [6.45, 7) is 7.11. The van der Waals surface area contributed by atoms with Crippen LogP contribution in [-0.2, 0) is 0 Å². The molecular weight excluding hydrogens is 428 g/mol. The Morgan fingerprint density at radius 1 is 1.16 bits per heavy atom. The van der Waals surface area contributed by atoms with Gasteiger partial charge in [0, 0.05) is 41.4 Å². The lowest BCUT2D eigenvalue weighted by atomic mass is 9.96. The molecule has 31 heavy (non-hydrogen) atoms. The lowest BCUT2D eigenvalue weighted by molar-refractivity contribution is 0.247. The predicted molar refractivity (Wildman–Crippen MR) is 129 cm³/mol. The Bertz CT molecular complexity index is 1100. The lowest BCUT2D eigenvalue weighted by Gasteiger charge is -2.28. The van der Waals surface area contributed by atoms with Gasteiger partial charge in [0.2, 0.25) is 0 Å². The zero-order valence-corrected chi connectivity index (χ0v) is 19.5. The molecule has 2 aromatic heterocycles. The molecule has 5 nitrogen and oxygen atoms in total. The van der Waals surface area contributed by atoms with Gasteiger partial charge in [0.1, 0.15) is 0 Å². The Kier molecular flexibility index (Phi) is 6.32. The highest BCUT2D eigenvalue weighted by Crippen LogP contribution is 2.41. The van der Waals surface area contributed by atoms with Gasteiger partial charge >= 0.3 is 0 Å². The third-order valence-electron chi connectivity index (χ3n) is 6.02. The van der Waals surface area contributed by atoms with Crippen molar-refractivity contribution in [3.05, 3.63) is 81.9 Å². The van der Waals surface area contributed by atoms with E-state index in [9.17, 15) is 5.11 Å². The van der Waals surface area contributed by atoms with Gasteiger partial charge in [0.05, 0.1) is 17.8 Å². The van der Waals surface area contributed by atoms with E-state index >= 15 is 0 Å². The zero-order valence-electron chi connectivity index (χ0n) is 18.0. The molecule has 162 valence electrons. The first kappa shape index (κ1) is 21.8. The van der Waals surface area contributed by atoms with E-state index in [0.29, 0.717) is 18.1 Å². The van der Waals surface area contributed by atoms with Crippen molar-refractivity contribution in [1.82, 2.24) is 19.8 Å². The Morgan fingerprint density at radius 2 is 1.97 bits per heavy atom. The van der Waals surface area contributed by atoms with Gasteiger partial charge in [-0.25, -0.2) is 0 Å². The fraction of sp³-hybridized carbons (Fsp3) is 0.333. The molecule has 1 aliphatic heterocycles. The average molecular weight is 455 g/mol. The summed E-state index contributed by atoms with van der Waals surface area (Å²) in [7, 11) is 0. The number of rotatable bonds is 6. The number of thiocarbonyl (C=S) groups is 1. The summed E-state index contributed by atoms with van der Waals surface area (Å²) < 4.78 is 2.26. The van der Waals surface area contributed by atoms with Crippen LogP contribution in [0.2, 0.25) is 5.02 Å². The Balaban J connectivity index is 1.84. The third-order valence-corrected chi connectivity index (χ3v) is 6.79. The first-order chi connectivity index (χ1) is 14.9. The molecule has 1 aromatic carbocycles. The molecule has 2 N–H and O–H groups in total. The van der Waals surface area contributed by atoms with Crippen LogP contribution in [0.25, 0.3) is 5.69 Å². The molecular formula is C24H27ClN4OS. The van der Waals surface area contributed by atoms with E-state index < -0.39 is 0 Å². The van der Waals surface area contributed by atoms with Crippen LogP contribution in [0.1, 0.15) is 46.7 Å². The molecule has 0 aliphatic carbocycles. The molecule has 0 radical (unpaired) electrons. The summed E-state index contributed by atoms with van der Waals surface area (Å²) in [6, 6.07) is 14.1. The highest BCUT2D eigenvalue weighted by atomic mass is 35.5. The van der Waals surface area contributed by atoms with Crippen LogP contribution in [0.5, 0.6) is 0 Å². The molecule has 0 spiro atoms. The largest absolute Gasteiger partial charge is 0.396 e. The van der Waals surface area contributed by atoms with E-state index in [4.69, 9.17) is 23.8 Å². The molecule has 1 saturated heterocycles. The van der Waals surface area contributed by atoms with Crippen LogP contribution in [0.4, 0.5) is 0 Å². The van der Waals surface area contributed by atoms with E-state index in [1.807, 2.05) is 43.5 Å². The molecule has 0 unspecified atom stereocenters. The van der Waals surface area contributed by atoms with Crippen molar-refractivity contribution in [2.24, 2.45) is 0 Å². The topological polar surface area (TPSA) is 53.3 Å². The maximum absolute atomic E-state index is 9.44. The maximum atomic E-state index is 9.44. The Labute approximate surface area is 193 Å². The van der Waals surface area contributed by atoms with Crippen LogP contribution in [-0.4, -0.2) is 37.8 Å². The second-order valence-electron chi connectivity index (χ2n) is 7.94. The molecule has 1 fully saturated rings. The van der Waals surface area contributed by atoms with Gasteiger partial charge < -0.3 is 19.9 Å². The number of nitrogens with one attached hydrogen (secondary N) is 1. The average Bonchev–Trinajstić information content (AvgIpc) is 3.24. The predicted octanol–water partition coefficient (Wildman–Crippen LogP) is 4.81. The van der Waals surface area contributed by atoms with Crippen molar-refractivity contribution in [2.45, 2.75) is 39.3 Å². The molecule has 4 rings (SSSR count). The van der Waals surface area contributed by atoms with Crippen molar-refractivity contribution in [3.63, 3.8) is 0 Å². The number of aliphatic hydroxyl groups is 1.